The maximum absolute atomic E-state index is 12.2. The van der Waals surface area contributed by atoms with Crippen molar-refractivity contribution in [1.82, 2.24) is 4.98 Å². The van der Waals surface area contributed by atoms with Crippen molar-refractivity contribution in [3.05, 3.63) is 39.8 Å². The fourth-order valence-electron chi connectivity index (χ4n) is 1.79. The van der Waals surface area contributed by atoms with Gasteiger partial charge in [-0.3, -0.25) is 4.79 Å². The van der Waals surface area contributed by atoms with Crippen LogP contribution >= 0.6 is 11.3 Å². The Balaban J connectivity index is 1.95. The molecule has 0 saturated carbocycles. The van der Waals surface area contributed by atoms with Crippen LogP contribution in [0.3, 0.4) is 0 Å². The van der Waals surface area contributed by atoms with Crippen molar-refractivity contribution in [3.8, 4) is 11.5 Å². The van der Waals surface area contributed by atoms with E-state index in [0.717, 1.165) is 5.01 Å². The number of rotatable bonds is 2. The summed E-state index contributed by atoms with van der Waals surface area (Å²) in [6, 6.07) is 5.26. The molecule has 1 aromatic heterocycles. The number of fused-ring (bicyclic) bond motifs is 1. The standard InChI is InChI=1S/C13H11NO3S/c1-8-14-7-12(18-8)13(15)9-2-3-10-11(6-9)17-5-4-16-10/h2-3,6-7H,4-5H2,1H3. The molecule has 0 radical (unpaired) electrons. The molecule has 2 aromatic rings. The first kappa shape index (κ1) is 11.2. The van der Waals surface area contributed by atoms with Crippen molar-refractivity contribution in [2.24, 2.45) is 0 Å². The SMILES string of the molecule is Cc1ncc(C(=O)c2ccc3c(c2)OCCO3)s1. The van der Waals surface area contributed by atoms with Gasteiger partial charge in [-0.15, -0.1) is 11.3 Å². The molecule has 0 bridgehead atoms. The van der Waals surface area contributed by atoms with E-state index in [0.29, 0.717) is 35.2 Å². The molecule has 0 amide bonds. The lowest BCUT2D eigenvalue weighted by Gasteiger charge is -2.18. The first-order valence-corrected chi connectivity index (χ1v) is 6.42. The second kappa shape index (κ2) is 4.42. The lowest BCUT2D eigenvalue weighted by atomic mass is 10.1. The van der Waals surface area contributed by atoms with E-state index in [1.807, 2.05) is 6.92 Å². The Morgan fingerprint density at radius 1 is 1.28 bits per heavy atom. The van der Waals surface area contributed by atoms with E-state index in [4.69, 9.17) is 9.47 Å². The van der Waals surface area contributed by atoms with Gasteiger partial charge >= 0.3 is 0 Å². The summed E-state index contributed by atoms with van der Waals surface area (Å²) >= 11 is 1.40. The van der Waals surface area contributed by atoms with Crippen molar-refractivity contribution in [3.63, 3.8) is 0 Å². The van der Waals surface area contributed by atoms with Gasteiger partial charge in [0.25, 0.3) is 0 Å². The molecule has 0 spiro atoms. The van der Waals surface area contributed by atoms with Crippen LogP contribution in [0.4, 0.5) is 0 Å². The number of ether oxygens (including phenoxy) is 2. The molecule has 0 saturated heterocycles. The molecule has 18 heavy (non-hydrogen) atoms. The Bertz CT molecular complexity index is 606. The third-order valence-electron chi connectivity index (χ3n) is 2.65. The van der Waals surface area contributed by atoms with Crippen LogP contribution < -0.4 is 9.47 Å². The zero-order valence-corrected chi connectivity index (χ0v) is 10.6. The molecule has 2 heterocycles. The van der Waals surface area contributed by atoms with Gasteiger partial charge in [-0.2, -0.15) is 0 Å². The molecule has 0 atom stereocenters. The highest BCUT2D eigenvalue weighted by molar-refractivity contribution is 7.13. The third kappa shape index (κ3) is 1.97. The van der Waals surface area contributed by atoms with Crippen LogP contribution in [0.5, 0.6) is 11.5 Å². The van der Waals surface area contributed by atoms with E-state index in [-0.39, 0.29) is 5.78 Å². The Morgan fingerprint density at radius 3 is 2.78 bits per heavy atom. The summed E-state index contributed by atoms with van der Waals surface area (Å²) in [5.74, 6) is 1.30. The molecule has 0 unspecified atom stereocenters. The van der Waals surface area contributed by atoms with Crippen molar-refractivity contribution >= 4 is 17.1 Å². The van der Waals surface area contributed by atoms with Crippen LogP contribution in [0, 0.1) is 6.92 Å². The summed E-state index contributed by atoms with van der Waals surface area (Å²) in [7, 11) is 0. The maximum atomic E-state index is 12.2. The lowest BCUT2D eigenvalue weighted by molar-refractivity contribution is 0.104. The number of nitrogens with zero attached hydrogens (tertiary/aromatic N) is 1. The minimum absolute atomic E-state index is 0.0300. The molecule has 92 valence electrons. The number of aromatic nitrogens is 1. The van der Waals surface area contributed by atoms with Gasteiger partial charge in [0.2, 0.25) is 5.78 Å². The first-order valence-electron chi connectivity index (χ1n) is 5.61. The highest BCUT2D eigenvalue weighted by atomic mass is 32.1. The summed E-state index contributed by atoms with van der Waals surface area (Å²) < 4.78 is 10.9. The molecule has 1 aliphatic heterocycles. The summed E-state index contributed by atoms with van der Waals surface area (Å²) in [4.78, 5) is 17.0. The van der Waals surface area contributed by atoms with Gasteiger partial charge in [0.1, 0.15) is 13.2 Å². The van der Waals surface area contributed by atoms with Crippen molar-refractivity contribution < 1.29 is 14.3 Å². The topological polar surface area (TPSA) is 48.4 Å². The Hall–Kier alpha value is -1.88. The monoisotopic (exact) mass is 261 g/mol. The molecule has 0 N–H and O–H groups in total. The number of ketones is 1. The van der Waals surface area contributed by atoms with Crippen LogP contribution in [-0.2, 0) is 0 Å². The largest absolute Gasteiger partial charge is 0.486 e. The molecule has 1 aliphatic rings. The minimum Gasteiger partial charge on any atom is -0.486 e. The van der Waals surface area contributed by atoms with Crippen LogP contribution in [-0.4, -0.2) is 24.0 Å². The Labute approximate surface area is 108 Å². The summed E-state index contributed by atoms with van der Waals surface area (Å²) in [6.45, 7) is 2.95. The van der Waals surface area contributed by atoms with Gasteiger partial charge in [0.15, 0.2) is 11.5 Å². The lowest BCUT2D eigenvalue weighted by Crippen LogP contribution is -2.15. The summed E-state index contributed by atoms with van der Waals surface area (Å²) in [6.07, 6.45) is 1.61. The number of benzene rings is 1. The van der Waals surface area contributed by atoms with E-state index in [2.05, 4.69) is 4.98 Å². The molecular formula is C13H11NO3S. The quantitative estimate of drug-likeness (QED) is 0.779. The first-order chi connectivity index (χ1) is 8.74. The highest BCUT2D eigenvalue weighted by Gasteiger charge is 2.17. The average Bonchev–Trinajstić information content (AvgIpc) is 2.84. The summed E-state index contributed by atoms with van der Waals surface area (Å²) in [5, 5.41) is 0.885. The molecular weight excluding hydrogens is 250 g/mol. The summed E-state index contributed by atoms with van der Waals surface area (Å²) in [5.41, 5.74) is 0.600. The fraction of sp³-hybridized carbons (Fsp3) is 0.231. The normalized spacial score (nSPS) is 13.4. The smallest absolute Gasteiger partial charge is 0.204 e. The zero-order valence-electron chi connectivity index (χ0n) is 9.80. The third-order valence-corrected chi connectivity index (χ3v) is 3.56. The van der Waals surface area contributed by atoms with Crippen LogP contribution in [0.15, 0.2) is 24.4 Å². The van der Waals surface area contributed by atoms with Crippen molar-refractivity contribution in [2.45, 2.75) is 6.92 Å². The van der Waals surface area contributed by atoms with Gasteiger partial charge in [-0.05, 0) is 25.1 Å². The van der Waals surface area contributed by atoms with Gasteiger partial charge in [0, 0.05) is 11.8 Å². The number of hydrogen-bond acceptors (Lipinski definition) is 5. The van der Waals surface area contributed by atoms with E-state index < -0.39 is 0 Å². The van der Waals surface area contributed by atoms with Crippen molar-refractivity contribution in [1.29, 1.82) is 0 Å². The number of hydrogen-bond donors (Lipinski definition) is 0. The molecule has 1 aromatic carbocycles. The molecule has 0 fully saturated rings. The van der Waals surface area contributed by atoms with E-state index in [1.54, 1.807) is 24.4 Å². The van der Waals surface area contributed by atoms with E-state index in [9.17, 15) is 4.79 Å². The minimum atomic E-state index is -0.0300. The van der Waals surface area contributed by atoms with Crippen molar-refractivity contribution in [2.75, 3.05) is 13.2 Å². The average molecular weight is 261 g/mol. The van der Waals surface area contributed by atoms with Gasteiger partial charge in [0.05, 0.1) is 9.88 Å². The number of carbonyl (C=O) groups excluding carboxylic acids is 1. The van der Waals surface area contributed by atoms with E-state index >= 15 is 0 Å². The van der Waals surface area contributed by atoms with Crippen LogP contribution in [0.1, 0.15) is 20.2 Å². The highest BCUT2D eigenvalue weighted by Crippen LogP contribution is 2.31. The van der Waals surface area contributed by atoms with E-state index in [1.165, 1.54) is 11.3 Å². The predicted molar refractivity (Wildman–Crippen MR) is 67.7 cm³/mol. The second-order valence-electron chi connectivity index (χ2n) is 3.93. The number of carbonyl (C=O) groups is 1. The predicted octanol–water partition coefficient (Wildman–Crippen LogP) is 2.45. The fourth-order valence-corrected chi connectivity index (χ4v) is 2.53. The van der Waals surface area contributed by atoms with Crippen LogP contribution in [0.25, 0.3) is 0 Å². The Morgan fingerprint density at radius 2 is 2.06 bits per heavy atom. The molecule has 5 heteroatoms. The Kier molecular flexibility index (Phi) is 2.76. The molecule has 3 rings (SSSR count). The molecule has 0 aliphatic carbocycles. The van der Waals surface area contributed by atoms with Gasteiger partial charge in [-0.1, -0.05) is 0 Å². The maximum Gasteiger partial charge on any atom is 0.204 e. The molecule has 4 nitrogen and oxygen atoms in total. The number of thiazole rings is 1. The van der Waals surface area contributed by atoms with Gasteiger partial charge < -0.3 is 9.47 Å². The second-order valence-corrected chi connectivity index (χ2v) is 5.17. The van der Waals surface area contributed by atoms with Gasteiger partial charge in [-0.25, -0.2) is 4.98 Å². The zero-order chi connectivity index (χ0) is 12.5. The van der Waals surface area contributed by atoms with Crippen LogP contribution in [0.2, 0.25) is 0 Å². The number of aryl methyl sites for hydroxylation is 1.